The number of carbonyl (C=O) groups is 1. The molecule has 0 radical (unpaired) electrons. The Labute approximate surface area is 147 Å². The summed E-state index contributed by atoms with van der Waals surface area (Å²) in [5.74, 6) is 0.565. The number of carbonyl (C=O) groups excluding carboxylic acids is 1. The van der Waals surface area contributed by atoms with Crippen LogP contribution in [-0.4, -0.2) is 5.97 Å². The highest BCUT2D eigenvalue weighted by Gasteiger charge is 2.31. The monoisotopic (exact) mass is 328 g/mol. The minimum Gasteiger partial charge on any atom is -0.426 e. The molecule has 0 amide bonds. The summed E-state index contributed by atoms with van der Waals surface area (Å²) in [5, 5.41) is 5.16. The summed E-state index contributed by atoms with van der Waals surface area (Å²) in [5.41, 5.74) is 4.80. The maximum atomic E-state index is 12.3. The van der Waals surface area contributed by atoms with Gasteiger partial charge in [0.25, 0.3) is 0 Å². The third-order valence-electron chi connectivity index (χ3n) is 5.29. The Morgan fingerprint density at radius 2 is 1.80 bits per heavy atom. The summed E-state index contributed by atoms with van der Waals surface area (Å²) in [6, 6.07) is 10.9. The summed E-state index contributed by atoms with van der Waals surface area (Å²) < 4.78 is 5.71. The molecule has 2 heteroatoms. The molecule has 3 aromatic carbocycles. The highest BCUT2D eigenvalue weighted by molar-refractivity contribution is 6.13. The van der Waals surface area contributed by atoms with Crippen LogP contribution >= 0.6 is 0 Å². The van der Waals surface area contributed by atoms with E-state index in [1.54, 1.807) is 0 Å². The number of benzene rings is 3. The Hall–Kier alpha value is -2.61. The lowest BCUT2D eigenvalue weighted by atomic mass is 9.95. The van der Waals surface area contributed by atoms with Gasteiger partial charge in [-0.15, -0.1) is 0 Å². The van der Waals surface area contributed by atoms with Crippen molar-refractivity contribution >= 4 is 33.6 Å². The second-order valence-corrected chi connectivity index (χ2v) is 8.15. The van der Waals surface area contributed by atoms with Crippen molar-refractivity contribution < 1.29 is 9.53 Å². The molecule has 0 saturated heterocycles. The molecule has 0 saturated carbocycles. The predicted molar refractivity (Wildman–Crippen MR) is 102 cm³/mol. The average molecular weight is 328 g/mol. The fourth-order valence-corrected chi connectivity index (χ4v) is 3.83. The molecule has 2 aliphatic carbocycles. The van der Waals surface area contributed by atoms with E-state index in [4.69, 9.17) is 4.74 Å². The third kappa shape index (κ3) is 2.13. The Balaban J connectivity index is 1.69. The van der Waals surface area contributed by atoms with Crippen LogP contribution in [0.15, 0.2) is 36.4 Å². The van der Waals surface area contributed by atoms with Crippen molar-refractivity contribution in [3.63, 3.8) is 0 Å². The highest BCUT2D eigenvalue weighted by Crippen LogP contribution is 2.46. The molecule has 0 N–H and O–H groups in total. The van der Waals surface area contributed by atoms with Gasteiger partial charge in [0.15, 0.2) is 0 Å². The average Bonchev–Trinajstić information content (AvgIpc) is 3.22. The molecule has 2 aliphatic rings. The summed E-state index contributed by atoms with van der Waals surface area (Å²) in [7, 11) is 0. The number of hydrogen-bond acceptors (Lipinski definition) is 2. The van der Waals surface area contributed by atoms with E-state index in [0.717, 1.165) is 24.0 Å². The minimum absolute atomic E-state index is 0.175. The molecule has 0 heterocycles. The van der Waals surface area contributed by atoms with Crippen LogP contribution in [0.3, 0.4) is 0 Å². The number of hydrogen-bond donors (Lipinski definition) is 0. The smallest absolute Gasteiger partial charge is 0.316 e. The van der Waals surface area contributed by atoms with E-state index in [0.29, 0.717) is 0 Å². The van der Waals surface area contributed by atoms with Gasteiger partial charge in [0.2, 0.25) is 0 Å². The molecular formula is C23H20O2. The standard InChI is InChI=1S/C23H20O2/c1-23(2,3)22(24)25-20-11-14-8-9-16-15-6-4-5-13(15)7-10-17(16)21(14)19-12-18(19)20/h4-5,7-11H,6,12H2,1-3H3. The van der Waals surface area contributed by atoms with Crippen LogP contribution in [0, 0.1) is 5.41 Å². The van der Waals surface area contributed by atoms with Crippen molar-refractivity contribution in [3.8, 4) is 5.75 Å². The molecule has 25 heavy (non-hydrogen) atoms. The van der Waals surface area contributed by atoms with Crippen LogP contribution in [0.4, 0.5) is 0 Å². The second-order valence-electron chi connectivity index (χ2n) is 8.15. The van der Waals surface area contributed by atoms with Gasteiger partial charge in [-0.05, 0) is 71.5 Å². The zero-order valence-corrected chi connectivity index (χ0v) is 14.8. The number of fused-ring (bicyclic) bond motifs is 7. The van der Waals surface area contributed by atoms with Gasteiger partial charge in [0.05, 0.1) is 5.41 Å². The molecule has 0 fully saturated rings. The lowest BCUT2D eigenvalue weighted by Gasteiger charge is -2.16. The van der Waals surface area contributed by atoms with Crippen molar-refractivity contribution in [2.75, 3.05) is 0 Å². The normalized spacial score (nSPS) is 14.7. The topological polar surface area (TPSA) is 26.3 Å². The lowest BCUT2D eigenvalue weighted by Crippen LogP contribution is -2.25. The molecule has 124 valence electrons. The van der Waals surface area contributed by atoms with Crippen LogP contribution in [-0.2, 0) is 17.6 Å². The molecule has 0 atom stereocenters. The Morgan fingerprint density at radius 3 is 2.60 bits per heavy atom. The van der Waals surface area contributed by atoms with Crippen molar-refractivity contribution in [1.29, 1.82) is 0 Å². The minimum atomic E-state index is -0.492. The SMILES string of the molecule is CC(C)(C)C(=O)Oc1cc2ccc3c4c(ccc3c2c2c1C2)C=CC4. The molecular weight excluding hydrogens is 308 g/mol. The number of allylic oxidation sites excluding steroid dienone is 1. The first-order valence-electron chi connectivity index (χ1n) is 8.85. The van der Waals surface area contributed by atoms with Gasteiger partial charge in [0.1, 0.15) is 5.75 Å². The predicted octanol–water partition coefficient (Wildman–Crippen LogP) is 5.42. The van der Waals surface area contributed by atoms with E-state index < -0.39 is 5.41 Å². The largest absolute Gasteiger partial charge is 0.426 e. The van der Waals surface area contributed by atoms with Crippen LogP contribution < -0.4 is 4.74 Å². The van der Waals surface area contributed by atoms with E-state index >= 15 is 0 Å². The molecule has 0 aliphatic heterocycles. The Morgan fingerprint density at radius 1 is 1.00 bits per heavy atom. The molecule has 3 aromatic rings. The van der Waals surface area contributed by atoms with Crippen molar-refractivity contribution in [1.82, 2.24) is 0 Å². The summed E-state index contributed by atoms with van der Waals surface area (Å²) in [6.07, 6.45) is 6.38. The fraction of sp³-hybridized carbons (Fsp3) is 0.261. The number of esters is 1. The highest BCUT2D eigenvalue weighted by atomic mass is 16.5. The molecule has 0 bridgehead atoms. The van der Waals surface area contributed by atoms with Gasteiger partial charge in [-0.25, -0.2) is 0 Å². The van der Waals surface area contributed by atoms with Gasteiger partial charge in [-0.2, -0.15) is 0 Å². The first-order valence-corrected chi connectivity index (χ1v) is 8.85. The van der Waals surface area contributed by atoms with E-state index in [1.807, 2.05) is 26.8 Å². The van der Waals surface area contributed by atoms with Crippen molar-refractivity contribution in [3.05, 3.63) is 58.7 Å². The van der Waals surface area contributed by atoms with Crippen LogP contribution in [0.1, 0.15) is 43.0 Å². The zero-order valence-electron chi connectivity index (χ0n) is 14.8. The Kier molecular flexibility index (Phi) is 2.78. The third-order valence-corrected chi connectivity index (χ3v) is 5.29. The first kappa shape index (κ1) is 14.7. The van der Waals surface area contributed by atoms with Gasteiger partial charge in [-0.3, -0.25) is 4.79 Å². The van der Waals surface area contributed by atoms with E-state index in [9.17, 15) is 4.79 Å². The van der Waals surface area contributed by atoms with E-state index in [1.165, 1.54) is 38.4 Å². The van der Waals surface area contributed by atoms with Crippen LogP contribution in [0.25, 0.3) is 27.6 Å². The van der Waals surface area contributed by atoms with Gasteiger partial charge in [0, 0.05) is 12.0 Å². The zero-order chi connectivity index (χ0) is 17.3. The number of ether oxygens (including phenoxy) is 1. The molecule has 0 aromatic heterocycles. The van der Waals surface area contributed by atoms with Crippen molar-refractivity contribution in [2.45, 2.75) is 33.6 Å². The van der Waals surface area contributed by atoms with E-state index in [-0.39, 0.29) is 5.97 Å². The summed E-state index contributed by atoms with van der Waals surface area (Å²) in [6.45, 7) is 5.66. The maximum absolute atomic E-state index is 12.3. The fourth-order valence-electron chi connectivity index (χ4n) is 3.83. The first-order chi connectivity index (χ1) is 11.9. The number of rotatable bonds is 1. The molecule has 5 rings (SSSR count). The summed E-state index contributed by atoms with van der Waals surface area (Å²) in [4.78, 5) is 12.3. The quantitative estimate of drug-likeness (QED) is 0.265. The van der Waals surface area contributed by atoms with E-state index in [2.05, 4.69) is 36.4 Å². The second kappa shape index (κ2) is 4.72. The van der Waals surface area contributed by atoms with Crippen LogP contribution in [0.5, 0.6) is 5.75 Å². The van der Waals surface area contributed by atoms with Gasteiger partial charge >= 0.3 is 5.97 Å². The van der Waals surface area contributed by atoms with Gasteiger partial charge < -0.3 is 4.74 Å². The Bertz CT molecular complexity index is 1110. The van der Waals surface area contributed by atoms with Crippen LogP contribution in [0.2, 0.25) is 0 Å². The molecule has 0 spiro atoms. The van der Waals surface area contributed by atoms with Crippen molar-refractivity contribution in [2.24, 2.45) is 5.41 Å². The molecule has 0 unspecified atom stereocenters. The molecule has 2 nitrogen and oxygen atoms in total. The lowest BCUT2D eigenvalue weighted by molar-refractivity contribution is -0.143. The van der Waals surface area contributed by atoms with Gasteiger partial charge in [-0.1, -0.05) is 36.4 Å². The summed E-state index contributed by atoms with van der Waals surface area (Å²) >= 11 is 0. The maximum Gasteiger partial charge on any atom is 0.316 e.